The summed E-state index contributed by atoms with van der Waals surface area (Å²) < 4.78 is 0. The van der Waals surface area contributed by atoms with Crippen LogP contribution < -0.4 is 5.32 Å². The van der Waals surface area contributed by atoms with E-state index in [4.69, 9.17) is 0 Å². The number of allylic oxidation sites excluding steroid dienone is 2. The molecule has 1 amide bonds. The van der Waals surface area contributed by atoms with Gasteiger partial charge in [-0.15, -0.1) is 0 Å². The first-order valence-corrected chi connectivity index (χ1v) is 6.20. The summed E-state index contributed by atoms with van der Waals surface area (Å²) in [5.41, 5.74) is 3.31. The van der Waals surface area contributed by atoms with E-state index in [9.17, 15) is 4.79 Å². The van der Waals surface area contributed by atoms with Gasteiger partial charge in [0.25, 0.3) is 0 Å². The van der Waals surface area contributed by atoms with Gasteiger partial charge in [0.15, 0.2) is 0 Å². The summed E-state index contributed by atoms with van der Waals surface area (Å²) in [7, 11) is 0. The van der Waals surface area contributed by atoms with Gasteiger partial charge in [-0.1, -0.05) is 31.6 Å². The average molecular weight is 231 g/mol. The van der Waals surface area contributed by atoms with Crippen LogP contribution in [0.25, 0.3) is 5.57 Å². The molecule has 0 spiro atoms. The molecule has 0 aromatic heterocycles. The molecule has 0 saturated carbocycles. The zero-order valence-corrected chi connectivity index (χ0v) is 10.9. The van der Waals surface area contributed by atoms with Crippen LogP contribution >= 0.6 is 0 Å². The maximum Gasteiger partial charge on any atom is 0.224 e. The normalized spacial score (nSPS) is 11.4. The van der Waals surface area contributed by atoms with Gasteiger partial charge in [-0.2, -0.15) is 0 Å². The number of hydrogen-bond acceptors (Lipinski definition) is 1. The fourth-order valence-corrected chi connectivity index (χ4v) is 1.54. The number of unbranched alkanes of at least 4 members (excludes halogenated alkanes) is 1. The van der Waals surface area contributed by atoms with Crippen LogP contribution in [-0.4, -0.2) is 5.91 Å². The highest BCUT2D eigenvalue weighted by Gasteiger charge is 2.01. The number of anilines is 1. The molecule has 1 rings (SSSR count). The van der Waals surface area contributed by atoms with Gasteiger partial charge >= 0.3 is 0 Å². The first kappa shape index (κ1) is 13.5. The number of hydrogen-bond donors (Lipinski definition) is 1. The minimum absolute atomic E-state index is 0.0994. The van der Waals surface area contributed by atoms with E-state index in [1.54, 1.807) is 0 Å². The van der Waals surface area contributed by atoms with Crippen LogP contribution in [0.4, 0.5) is 5.69 Å². The van der Waals surface area contributed by atoms with Crippen molar-refractivity contribution in [2.45, 2.75) is 40.0 Å². The van der Waals surface area contributed by atoms with Gasteiger partial charge in [0, 0.05) is 12.1 Å². The van der Waals surface area contributed by atoms with Crippen molar-refractivity contribution >= 4 is 17.2 Å². The highest BCUT2D eigenvalue weighted by Crippen LogP contribution is 2.16. The van der Waals surface area contributed by atoms with Crippen LogP contribution in [0.2, 0.25) is 0 Å². The topological polar surface area (TPSA) is 29.1 Å². The number of amides is 1. The Bertz CT molecular complexity index is 390. The van der Waals surface area contributed by atoms with Crippen LogP contribution in [0.5, 0.6) is 0 Å². The molecule has 0 aliphatic rings. The van der Waals surface area contributed by atoms with Crippen LogP contribution in [0.15, 0.2) is 30.3 Å². The molecule has 0 heterocycles. The van der Waals surface area contributed by atoms with Crippen molar-refractivity contribution in [1.82, 2.24) is 0 Å². The quantitative estimate of drug-likeness (QED) is 0.807. The third-order valence-electron chi connectivity index (χ3n) is 2.81. The molecule has 0 saturated heterocycles. The Morgan fingerprint density at radius 3 is 2.47 bits per heavy atom. The number of carbonyl (C=O) groups is 1. The fourth-order valence-electron chi connectivity index (χ4n) is 1.54. The summed E-state index contributed by atoms with van der Waals surface area (Å²) >= 11 is 0. The molecule has 17 heavy (non-hydrogen) atoms. The molecule has 0 radical (unpaired) electrons. The predicted molar refractivity (Wildman–Crippen MR) is 73.9 cm³/mol. The first-order valence-electron chi connectivity index (χ1n) is 6.20. The molecule has 0 aliphatic carbocycles. The molecule has 2 nitrogen and oxygen atoms in total. The summed E-state index contributed by atoms with van der Waals surface area (Å²) in [5, 5.41) is 2.90. The lowest BCUT2D eigenvalue weighted by Gasteiger charge is -2.06. The van der Waals surface area contributed by atoms with Crippen molar-refractivity contribution in [3.63, 3.8) is 0 Å². The van der Waals surface area contributed by atoms with Crippen molar-refractivity contribution in [2.75, 3.05) is 5.32 Å². The van der Waals surface area contributed by atoms with Gasteiger partial charge in [-0.3, -0.25) is 4.79 Å². The number of carbonyl (C=O) groups excluding carboxylic acids is 1. The van der Waals surface area contributed by atoms with E-state index in [2.05, 4.69) is 25.2 Å². The molecule has 0 unspecified atom stereocenters. The molecular formula is C15H21NO. The third-order valence-corrected chi connectivity index (χ3v) is 2.81. The molecule has 1 aromatic carbocycles. The highest BCUT2D eigenvalue weighted by molar-refractivity contribution is 5.90. The Hall–Kier alpha value is -1.57. The van der Waals surface area contributed by atoms with Crippen molar-refractivity contribution < 1.29 is 4.79 Å². The Morgan fingerprint density at radius 2 is 1.94 bits per heavy atom. The van der Waals surface area contributed by atoms with Gasteiger partial charge < -0.3 is 5.32 Å². The maximum absolute atomic E-state index is 11.5. The van der Waals surface area contributed by atoms with E-state index in [0.717, 1.165) is 18.5 Å². The molecule has 0 bridgehead atoms. The molecule has 1 aromatic rings. The van der Waals surface area contributed by atoms with Gasteiger partial charge in [0.05, 0.1) is 0 Å². The standard InChI is InChI=1S/C15H21NO/c1-4-6-7-15(17)16-14-10-8-13(9-11-14)12(3)5-2/h5,8-11H,4,6-7H2,1-3H3,(H,16,17)/b12-5-. The third kappa shape index (κ3) is 4.43. The number of benzene rings is 1. The smallest absolute Gasteiger partial charge is 0.224 e. The lowest BCUT2D eigenvalue weighted by Crippen LogP contribution is -2.10. The molecule has 0 fully saturated rings. The molecule has 0 aliphatic heterocycles. The molecule has 2 heteroatoms. The monoisotopic (exact) mass is 231 g/mol. The SMILES string of the molecule is C/C=C(/C)c1ccc(NC(=O)CCCC)cc1. The zero-order valence-electron chi connectivity index (χ0n) is 10.9. The highest BCUT2D eigenvalue weighted by atomic mass is 16.1. The van der Waals surface area contributed by atoms with Crippen LogP contribution in [-0.2, 0) is 4.79 Å². The molecule has 1 N–H and O–H groups in total. The van der Waals surface area contributed by atoms with Crippen LogP contribution in [0.1, 0.15) is 45.6 Å². The van der Waals surface area contributed by atoms with E-state index in [1.165, 1.54) is 11.1 Å². The molecule has 92 valence electrons. The van der Waals surface area contributed by atoms with Gasteiger partial charge in [-0.05, 0) is 43.5 Å². The second-order valence-corrected chi connectivity index (χ2v) is 4.20. The first-order chi connectivity index (χ1) is 8.17. The number of rotatable bonds is 5. The van der Waals surface area contributed by atoms with Crippen molar-refractivity contribution in [1.29, 1.82) is 0 Å². The minimum Gasteiger partial charge on any atom is -0.326 e. The number of nitrogens with one attached hydrogen (secondary N) is 1. The van der Waals surface area contributed by atoms with E-state index < -0.39 is 0 Å². The second-order valence-electron chi connectivity index (χ2n) is 4.20. The average Bonchev–Trinajstić information content (AvgIpc) is 2.36. The van der Waals surface area contributed by atoms with Gasteiger partial charge in [-0.25, -0.2) is 0 Å². The van der Waals surface area contributed by atoms with E-state index >= 15 is 0 Å². The van der Waals surface area contributed by atoms with Gasteiger partial charge in [0.2, 0.25) is 5.91 Å². The van der Waals surface area contributed by atoms with E-state index in [0.29, 0.717) is 6.42 Å². The second kappa shape index (κ2) is 6.89. The lowest BCUT2D eigenvalue weighted by atomic mass is 10.1. The Balaban J connectivity index is 2.59. The minimum atomic E-state index is 0.0994. The summed E-state index contributed by atoms with van der Waals surface area (Å²) in [6, 6.07) is 7.97. The summed E-state index contributed by atoms with van der Waals surface area (Å²) in [4.78, 5) is 11.5. The molecule has 0 atom stereocenters. The Labute approximate surface area is 104 Å². The Kier molecular flexibility index (Phi) is 5.47. The summed E-state index contributed by atoms with van der Waals surface area (Å²) in [6.45, 7) is 6.19. The lowest BCUT2D eigenvalue weighted by molar-refractivity contribution is -0.116. The summed E-state index contributed by atoms with van der Waals surface area (Å²) in [5.74, 6) is 0.0994. The molecular weight excluding hydrogens is 210 g/mol. The maximum atomic E-state index is 11.5. The summed E-state index contributed by atoms with van der Waals surface area (Å²) in [6.07, 6.45) is 4.68. The fraction of sp³-hybridized carbons (Fsp3) is 0.400. The van der Waals surface area contributed by atoms with Crippen molar-refractivity contribution in [3.05, 3.63) is 35.9 Å². The Morgan fingerprint density at radius 1 is 1.29 bits per heavy atom. The predicted octanol–water partition coefficient (Wildman–Crippen LogP) is 4.24. The zero-order chi connectivity index (χ0) is 12.7. The van der Waals surface area contributed by atoms with E-state index in [-0.39, 0.29) is 5.91 Å². The van der Waals surface area contributed by atoms with E-state index in [1.807, 2.05) is 31.2 Å². The van der Waals surface area contributed by atoms with Crippen molar-refractivity contribution in [2.24, 2.45) is 0 Å². The van der Waals surface area contributed by atoms with Crippen molar-refractivity contribution in [3.8, 4) is 0 Å². The van der Waals surface area contributed by atoms with Crippen LogP contribution in [0, 0.1) is 0 Å². The van der Waals surface area contributed by atoms with Crippen LogP contribution in [0.3, 0.4) is 0 Å². The largest absolute Gasteiger partial charge is 0.326 e. The van der Waals surface area contributed by atoms with Gasteiger partial charge in [0.1, 0.15) is 0 Å².